The molecule has 18 heavy (non-hydrogen) atoms. The molecule has 0 spiro atoms. The number of hydrazine groups is 1. The molecule has 0 fully saturated rings. The van der Waals surface area contributed by atoms with Gasteiger partial charge in [-0.05, 0) is 52.6 Å². The number of methoxy groups -OCH3 is 1. The molecule has 96 valence electrons. The van der Waals surface area contributed by atoms with Crippen LogP contribution in [0.25, 0.3) is 0 Å². The fourth-order valence-electron chi connectivity index (χ4n) is 1.92. The Bertz CT molecular complexity index is 542. The lowest BCUT2D eigenvalue weighted by Crippen LogP contribution is -2.28. The molecule has 0 saturated heterocycles. The maximum Gasteiger partial charge on any atom is 0.124 e. The number of hydrogen-bond donors (Lipinski definition) is 2. The monoisotopic (exact) mass is 374 g/mol. The second-order valence-electron chi connectivity index (χ2n) is 4.03. The van der Waals surface area contributed by atoms with E-state index in [1.807, 2.05) is 12.1 Å². The first kappa shape index (κ1) is 13.8. The lowest BCUT2D eigenvalue weighted by Gasteiger charge is -2.18. The Kier molecular flexibility index (Phi) is 4.60. The van der Waals surface area contributed by atoms with Crippen LogP contribution in [-0.4, -0.2) is 7.11 Å². The van der Waals surface area contributed by atoms with Gasteiger partial charge < -0.3 is 4.74 Å². The Morgan fingerprint density at radius 2 is 2.17 bits per heavy atom. The van der Waals surface area contributed by atoms with Crippen LogP contribution < -0.4 is 16.0 Å². The van der Waals surface area contributed by atoms with Crippen LogP contribution in [0.1, 0.15) is 22.7 Å². The van der Waals surface area contributed by atoms with Crippen LogP contribution >= 0.6 is 33.9 Å². The van der Waals surface area contributed by atoms with Crippen molar-refractivity contribution in [2.75, 3.05) is 7.11 Å². The number of halogens is 1. The van der Waals surface area contributed by atoms with Gasteiger partial charge in [0.2, 0.25) is 0 Å². The number of nitrogens with two attached hydrogens (primary N) is 1. The zero-order chi connectivity index (χ0) is 13.1. The summed E-state index contributed by atoms with van der Waals surface area (Å²) >= 11 is 4.02. The van der Waals surface area contributed by atoms with Crippen LogP contribution in [0.3, 0.4) is 0 Å². The Labute approximate surface area is 124 Å². The molecule has 0 amide bonds. The van der Waals surface area contributed by atoms with E-state index in [9.17, 15) is 0 Å². The van der Waals surface area contributed by atoms with E-state index in [0.717, 1.165) is 16.9 Å². The standard InChI is InChI=1S/C13H15IN2OS/c1-8-3-4-11(17-2)10(5-8)13(16-15)9-6-12(14)18-7-9/h3-7,13,16H,15H2,1-2H3. The highest BCUT2D eigenvalue weighted by Crippen LogP contribution is 2.32. The van der Waals surface area contributed by atoms with Crippen LogP contribution in [0.5, 0.6) is 5.75 Å². The average molecular weight is 374 g/mol. The highest BCUT2D eigenvalue weighted by Gasteiger charge is 2.18. The molecule has 5 heteroatoms. The molecule has 2 rings (SSSR count). The molecule has 1 aromatic heterocycles. The van der Waals surface area contributed by atoms with E-state index >= 15 is 0 Å². The van der Waals surface area contributed by atoms with Gasteiger partial charge in [0.1, 0.15) is 5.75 Å². The van der Waals surface area contributed by atoms with Crippen molar-refractivity contribution in [3.05, 3.63) is 49.2 Å². The largest absolute Gasteiger partial charge is 0.496 e. The zero-order valence-corrected chi connectivity index (χ0v) is 13.2. The minimum atomic E-state index is -0.0420. The van der Waals surface area contributed by atoms with E-state index in [1.165, 1.54) is 8.45 Å². The number of benzene rings is 1. The van der Waals surface area contributed by atoms with Gasteiger partial charge in [0, 0.05) is 5.56 Å². The van der Waals surface area contributed by atoms with Crippen molar-refractivity contribution in [1.82, 2.24) is 5.43 Å². The van der Waals surface area contributed by atoms with Crippen LogP contribution in [-0.2, 0) is 0 Å². The number of rotatable bonds is 4. The maximum atomic E-state index is 5.72. The van der Waals surface area contributed by atoms with Crippen LogP contribution in [0.4, 0.5) is 0 Å². The summed E-state index contributed by atoms with van der Waals surface area (Å²) in [5.41, 5.74) is 6.29. The number of thiophene rings is 1. The van der Waals surface area contributed by atoms with Gasteiger partial charge in [-0.1, -0.05) is 17.7 Å². The molecule has 1 atom stereocenters. The number of ether oxygens (including phenoxy) is 1. The van der Waals surface area contributed by atoms with Crippen molar-refractivity contribution in [2.24, 2.45) is 5.84 Å². The number of nitrogens with one attached hydrogen (secondary N) is 1. The minimum Gasteiger partial charge on any atom is -0.496 e. The molecule has 3 N–H and O–H groups in total. The molecule has 0 aliphatic carbocycles. The molecule has 2 aromatic rings. The minimum absolute atomic E-state index is 0.0420. The van der Waals surface area contributed by atoms with Gasteiger partial charge in [0.25, 0.3) is 0 Å². The van der Waals surface area contributed by atoms with Crippen LogP contribution in [0, 0.1) is 9.81 Å². The van der Waals surface area contributed by atoms with Gasteiger partial charge in [-0.25, -0.2) is 5.43 Å². The normalized spacial score (nSPS) is 12.4. The van der Waals surface area contributed by atoms with Crippen molar-refractivity contribution >= 4 is 33.9 Å². The van der Waals surface area contributed by atoms with E-state index in [-0.39, 0.29) is 6.04 Å². The summed E-state index contributed by atoms with van der Waals surface area (Å²) in [5, 5.41) is 2.12. The Balaban J connectivity index is 2.47. The summed E-state index contributed by atoms with van der Waals surface area (Å²) in [4.78, 5) is 0. The second-order valence-corrected chi connectivity index (χ2v) is 6.83. The maximum absolute atomic E-state index is 5.72. The fraction of sp³-hybridized carbons (Fsp3) is 0.231. The first-order chi connectivity index (χ1) is 8.65. The van der Waals surface area contributed by atoms with Gasteiger partial charge in [0.15, 0.2) is 0 Å². The van der Waals surface area contributed by atoms with E-state index in [4.69, 9.17) is 10.6 Å². The van der Waals surface area contributed by atoms with E-state index in [2.05, 4.69) is 52.5 Å². The van der Waals surface area contributed by atoms with Gasteiger partial charge in [-0.2, -0.15) is 0 Å². The van der Waals surface area contributed by atoms with Crippen molar-refractivity contribution in [3.8, 4) is 5.75 Å². The summed E-state index contributed by atoms with van der Waals surface area (Å²) in [7, 11) is 1.68. The zero-order valence-electron chi connectivity index (χ0n) is 10.2. The summed E-state index contributed by atoms with van der Waals surface area (Å²) in [6.07, 6.45) is 0. The first-order valence-corrected chi connectivity index (χ1v) is 7.46. The predicted molar refractivity (Wildman–Crippen MR) is 83.9 cm³/mol. The second kappa shape index (κ2) is 6.01. The van der Waals surface area contributed by atoms with Crippen molar-refractivity contribution in [2.45, 2.75) is 13.0 Å². The van der Waals surface area contributed by atoms with E-state index in [1.54, 1.807) is 18.4 Å². The molecule has 0 bridgehead atoms. The summed E-state index contributed by atoms with van der Waals surface area (Å²) < 4.78 is 6.66. The number of aryl methyl sites for hydroxylation is 1. The first-order valence-electron chi connectivity index (χ1n) is 5.50. The van der Waals surface area contributed by atoms with Crippen LogP contribution in [0.15, 0.2) is 29.6 Å². The smallest absolute Gasteiger partial charge is 0.124 e. The number of hydrogen-bond acceptors (Lipinski definition) is 4. The Morgan fingerprint density at radius 1 is 1.39 bits per heavy atom. The highest BCUT2D eigenvalue weighted by atomic mass is 127. The summed E-state index contributed by atoms with van der Waals surface area (Å²) in [5.74, 6) is 6.57. The molecule has 1 heterocycles. The van der Waals surface area contributed by atoms with Gasteiger partial charge in [-0.3, -0.25) is 5.84 Å². The third-order valence-electron chi connectivity index (χ3n) is 2.78. The van der Waals surface area contributed by atoms with E-state index in [0.29, 0.717) is 0 Å². The third kappa shape index (κ3) is 2.85. The summed E-state index contributed by atoms with van der Waals surface area (Å²) in [6, 6.07) is 8.21. The molecule has 0 aliphatic rings. The SMILES string of the molecule is COc1ccc(C)cc1C(NN)c1csc(I)c1. The van der Waals surface area contributed by atoms with Crippen molar-refractivity contribution in [1.29, 1.82) is 0 Å². The van der Waals surface area contributed by atoms with Crippen molar-refractivity contribution in [3.63, 3.8) is 0 Å². The molecule has 3 nitrogen and oxygen atoms in total. The van der Waals surface area contributed by atoms with Gasteiger partial charge >= 0.3 is 0 Å². The third-order valence-corrected chi connectivity index (χ3v) is 4.59. The predicted octanol–water partition coefficient (Wildman–Crippen LogP) is 3.22. The molecule has 0 aliphatic heterocycles. The van der Waals surface area contributed by atoms with Crippen LogP contribution in [0.2, 0.25) is 0 Å². The van der Waals surface area contributed by atoms with Crippen molar-refractivity contribution < 1.29 is 4.74 Å². The fourth-order valence-corrected chi connectivity index (χ4v) is 3.32. The Hall–Kier alpha value is -0.630. The Morgan fingerprint density at radius 3 is 2.72 bits per heavy atom. The topological polar surface area (TPSA) is 47.3 Å². The summed E-state index contributed by atoms with van der Waals surface area (Å²) in [6.45, 7) is 2.06. The quantitative estimate of drug-likeness (QED) is 0.491. The molecule has 1 aromatic carbocycles. The average Bonchev–Trinajstić information content (AvgIpc) is 2.77. The molecular formula is C13H15IN2OS. The molecule has 0 radical (unpaired) electrons. The lowest BCUT2D eigenvalue weighted by atomic mass is 9.99. The van der Waals surface area contributed by atoms with Gasteiger partial charge in [-0.15, -0.1) is 11.3 Å². The molecular weight excluding hydrogens is 359 g/mol. The van der Waals surface area contributed by atoms with Gasteiger partial charge in [0.05, 0.1) is 16.0 Å². The molecule has 1 unspecified atom stereocenters. The lowest BCUT2D eigenvalue weighted by molar-refractivity contribution is 0.404. The van der Waals surface area contributed by atoms with E-state index < -0.39 is 0 Å². The molecule has 0 saturated carbocycles. The highest BCUT2D eigenvalue weighted by molar-refractivity contribution is 14.1.